The third kappa shape index (κ3) is 2.92. The molecule has 0 atom stereocenters. The first kappa shape index (κ1) is 15.5. The summed E-state index contributed by atoms with van der Waals surface area (Å²) in [4.78, 5) is 4.35. The number of aryl methyl sites for hydroxylation is 2. The van der Waals surface area contributed by atoms with E-state index in [9.17, 15) is 8.42 Å². The molecule has 2 aromatic carbocycles. The minimum absolute atomic E-state index is 0.0795. The Morgan fingerprint density at radius 1 is 1.00 bits per heavy atom. The monoisotopic (exact) mass is 327 g/mol. The van der Waals surface area contributed by atoms with E-state index in [4.69, 9.17) is 4.18 Å². The highest BCUT2D eigenvalue weighted by molar-refractivity contribution is 7.87. The lowest BCUT2D eigenvalue weighted by Crippen LogP contribution is -2.11. The molecule has 0 unspecified atom stereocenters. The standard InChI is InChI=1S/C18H17NO3S/c1-12-10-15-7-5-9-17(18(15)19-11-12)23(20,21)22-16-8-4-6-13(2)14(16)3/h4-11H,1-3H3. The number of aromatic nitrogens is 1. The van der Waals surface area contributed by atoms with E-state index in [1.165, 1.54) is 6.07 Å². The molecule has 3 aromatic rings. The maximum Gasteiger partial charge on any atom is 0.341 e. The second-order valence-corrected chi connectivity index (χ2v) is 7.09. The maximum absolute atomic E-state index is 12.7. The normalized spacial score (nSPS) is 11.6. The molecule has 0 spiro atoms. The van der Waals surface area contributed by atoms with E-state index in [1.807, 2.05) is 39.0 Å². The quantitative estimate of drug-likeness (QED) is 0.684. The van der Waals surface area contributed by atoms with Gasteiger partial charge in [0.05, 0.1) is 5.52 Å². The van der Waals surface area contributed by atoms with Crippen LogP contribution in [0.2, 0.25) is 0 Å². The lowest BCUT2D eigenvalue weighted by molar-refractivity contribution is 0.484. The largest absolute Gasteiger partial charge is 0.379 e. The summed E-state index contributed by atoms with van der Waals surface area (Å²) in [5.74, 6) is 0.342. The fourth-order valence-corrected chi connectivity index (χ4v) is 3.58. The van der Waals surface area contributed by atoms with Gasteiger partial charge in [-0.3, -0.25) is 4.98 Å². The van der Waals surface area contributed by atoms with Crippen LogP contribution in [0.4, 0.5) is 0 Å². The molecule has 0 saturated heterocycles. The number of benzene rings is 2. The fraction of sp³-hybridized carbons (Fsp3) is 0.167. The van der Waals surface area contributed by atoms with Crippen LogP contribution in [0.1, 0.15) is 16.7 Å². The van der Waals surface area contributed by atoms with Crippen LogP contribution in [0, 0.1) is 20.8 Å². The highest BCUT2D eigenvalue weighted by Gasteiger charge is 2.21. The van der Waals surface area contributed by atoms with E-state index in [-0.39, 0.29) is 4.90 Å². The van der Waals surface area contributed by atoms with Crippen LogP contribution in [0.5, 0.6) is 5.75 Å². The van der Waals surface area contributed by atoms with Crippen LogP contribution in [0.25, 0.3) is 10.9 Å². The molecule has 0 N–H and O–H groups in total. The van der Waals surface area contributed by atoms with Crippen molar-refractivity contribution in [2.45, 2.75) is 25.7 Å². The Morgan fingerprint density at radius 3 is 2.52 bits per heavy atom. The summed E-state index contributed by atoms with van der Waals surface area (Å²) < 4.78 is 30.8. The average Bonchev–Trinajstić information content (AvgIpc) is 2.51. The van der Waals surface area contributed by atoms with Crippen LogP contribution < -0.4 is 4.18 Å². The molecule has 0 aliphatic rings. The maximum atomic E-state index is 12.7. The Morgan fingerprint density at radius 2 is 1.74 bits per heavy atom. The average molecular weight is 327 g/mol. The van der Waals surface area contributed by atoms with E-state index in [1.54, 1.807) is 24.4 Å². The predicted molar refractivity (Wildman–Crippen MR) is 90.2 cm³/mol. The molecule has 3 rings (SSSR count). The van der Waals surface area contributed by atoms with Gasteiger partial charge in [0.1, 0.15) is 10.6 Å². The van der Waals surface area contributed by atoms with Gasteiger partial charge in [0.2, 0.25) is 0 Å². The van der Waals surface area contributed by atoms with Gasteiger partial charge in [0.25, 0.3) is 0 Å². The second kappa shape index (κ2) is 5.66. The zero-order valence-corrected chi connectivity index (χ0v) is 14.0. The SMILES string of the molecule is Cc1cnc2c(S(=O)(=O)Oc3cccc(C)c3C)cccc2c1. The molecule has 0 radical (unpaired) electrons. The van der Waals surface area contributed by atoms with Crippen molar-refractivity contribution in [1.29, 1.82) is 0 Å². The van der Waals surface area contributed by atoms with E-state index in [0.29, 0.717) is 11.3 Å². The summed E-state index contributed by atoms with van der Waals surface area (Å²) in [6, 6.07) is 12.3. The summed E-state index contributed by atoms with van der Waals surface area (Å²) >= 11 is 0. The van der Waals surface area contributed by atoms with Gasteiger partial charge >= 0.3 is 10.1 Å². The fourth-order valence-electron chi connectivity index (χ4n) is 2.42. The highest BCUT2D eigenvalue weighted by atomic mass is 32.2. The number of nitrogens with zero attached hydrogens (tertiary/aromatic N) is 1. The topological polar surface area (TPSA) is 56.3 Å². The molecule has 118 valence electrons. The van der Waals surface area contributed by atoms with Crippen LogP contribution in [-0.2, 0) is 10.1 Å². The number of hydrogen-bond acceptors (Lipinski definition) is 4. The Hall–Kier alpha value is -2.40. The van der Waals surface area contributed by atoms with Crippen molar-refractivity contribution in [3.8, 4) is 5.75 Å². The third-order valence-corrected chi connectivity index (χ3v) is 5.10. The Labute approximate surface area is 135 Å². The van der Waals surface area contributed by atoms with E-state index in [2.05, 4.69) is 4.98 Å². The first-order valence-corrected chi connectivity index (χ1v) is 8.65. The van der Waals surface area contributed by atoms with Crippen LogP contribution in [0.3, 0.4) is 0 Å². The lowest BCUT2D eigenvalue weighted by atomic mass is 10.1. The number of pyridine rings is 1. The molecule has 1 aromatic heterocycles. The van der Waals surface area contributed by atoms with Crippen molar-refractivity contribution in [1.82, 2.24) is 4.98 Å². The van der Waals surface area contributed by atoms with Crippen molar-refractivity contribution < 1.29 is 12.6 Å². The molecule has 4 nitrogen and oxygen atoms in total. The molecule has 23 heavy (non-hydrogen) atoms. The van der Waals surface area contributed by atoms with Crippen molar-refractivity contribution in [2.75, 3.05) is 0 Å². The molecule has 0 saturated carbocycles. The van der Waals surface area contributed by atoms with Crippen molar-refractivity contribution in [2.24, 2.45) is 0 Å². The minimum Gasteiger partial charge on any atom is -0.379 e. The van der Waals surface area contributed by atoms with Gasteiger partial charge in [-0.05, 0) is 55.7 Å². The Bertz CT molecular complexity index is 994. The van der Waals surface area contributed by atoms with Crippen LogP contribution >= 0.6 is 0 Å². The summed E-state index contributed by atoms with van der Waals surface area (Å²) in [7, 11) is -3.95. The van der Waals surface area contributed by atoms with Gasteiger partial charge in [0.15, 0.2) is 0 Å². The van der Waals surface area contributed by atoms with Gasteiger partial charge in [-0.2, -0.15) is 8.42 Å². The third-order valence-electron chi connectivity index (χ3n) is 3.83. The molecule has 0 aliphatic carbocycles. The summed E-state index contributed by atoms with van der Waals surface area (Å²) in [6.45, 7) is 5.67. The van der Waals surface area contributed by atoms with E-state index >= 15 is 0 Å². The minimum atomic E-state index is -3.95. The van der Waals surface area contributed by atoms with Crippen molar-refractivity contribution >= 4 is 21.0 Å². The molecular formula is C18H17NO3S. The van der Waals surface area contributed by atoms with Gasteiger partial charge in [-0.15, -0.1) is 0 Å². The first-order valence-electron chi connectivity index (χ1n) is 7.24. The summed E-state index contributed by atoms with van der Waals surface area (Å²) in [5, 5.41) is 0.774. The van der Waals surface area contributed by atoms with Gasteiger partial charge in [-0.1, -0.05) is 24.3 Å². The zero-order valence-electron chi connectivity index (χ0n) is 13.2. The molecule has 0 fully saturated rings. The number of para-hydroxylation sites is 1. The van der Waals surface area contributed by atoms with Crippen LogP contribution in [0.15, 0.2) is 53.6 Å². The molecule has 0 aliphatic heterocycles. The highest BCUT2D eigenvalue weighted by Crippen LogP contribution is 2.28. The van der Waals surface area contributed by atoms with Crippen molar-refractivity contribution in [3.63, 3.8) is 0 Å². The van der Waals surface area contributed by atoms with E-state index in [0.717, 1.165) is 22.1 Å². The lowest BCUT2D eigenvalue weighted by Gasteiger charge is -2.12. The summed E-state index contributed by atoms with van der Waals surface area (Å²) in [6.07, 6.45) is 1.65. The Kier molecular flexibility index (Phi) is 3.82. The number of rotatable bonds is 3. The molecule has 0 bridgehead atoms. The van der Waals surface area contributed by atoms with Crippen molar-refractivity contribution in [3.05, 3.63) is 65.4 Å². The summed E-state index contributed by atoms with van der Waals surface area (Å²) in [5.41, 5.74) is 3.18. The van der Waals surface area contributed by atoms with Gasteiger partial charge in [-0.25, -0.2) is 0 Å². The predicted octanol–water partition coefficient (Wildman–Crippen LogP) is 3.93. The molecule has 0 amide bonds. The number of hydrogen-bond donors (Lipinski definition) is 0. The number of fused-ring (bicyclic) bond motifs is 1. The second-order valence-electron chi connectivity index (χ2n) is 5.58. The smallest absolute Gasteiger partial charge is 0.341 e. The van der Waals surface area contributed by atoms with Crippen LogP contribution in [-0.4, -0.2) is 13.4 Å². The van der Waals surface area contributed by atoms with Gasteiger partial charge < -0.3 is 4.18 Å². The molecule has 5 heteroatoms. The van der Waals surface area contributed by atoms with E-state index < -0.39 is 10.1 Å². The van der Waals surface area contributed by atoms with Gasteiger partial charge in [0, 0.05) is 11.6 Å². The first-order chi connectivity index (χ1) is 10.9. The zero-order chi connectivity index (χ0) is 16.6. The molecule has 1 heterocycles. The Balaban J connectivity index is 2.12. The molecular weight excluding hydrogens is 310 g/mol.